The molecule has 1 aliphatic heterocycles. The maximum Gasteiger partial charge on any atom is 0.0916 e. The van der Waals surface area contributed by atoms with Crippen molar-refractivity contribution >= 4 is 0 Å². The Labute approximate surface area is 123 Å². The molecule has 1 fully saturated rings. The van der Waals surface area contributed by atoms with E-state index in [0.717, 1.165) is 44.7 Å². The predicted octanol–water partition coefficient (Wildman–Crippen LogP) is 2.17. The molecule has 0 spiro atoms. The maximum absolute atomic E-state index is 10.4. The van der Waals surface area contributed by atoms with Crippen LogP contribution in [-0.4, -0.2) is 54.7 Å². The number of benzene rings is 1. The summed E-state index contributed by atoms with van der Waals surface area (Å²) >= 11 is 0. The summed E-state index contributed by atoms with van der Waals surface area (Å²) in [6.07, 6.45) is 0.737. The van der Waals surface area contributed by atoms with Crippen LogP contribution in [0.5, 0.6) is 0 Å². The molecule has 1 atom stereocenters. The molecule has 0 amide bonds. The van der Waals surface area contributed by atoms with Crippen LogP contribution in [0.2, 0.25) is 0 Å². The van der Waals surface area contributed by atoms with Crippen LogP contribution in [0.15, 0.2) is 24.3 Å². The van der Waals surface area contributed by atoms with Gasteiger partial charge in [-0.2, -0.15) is 0 Å². The first-order chi connectivity index (χ1) is 9.54. The summed E-state index contributed by atoms with van der Waals surface area (Å²) in [6.45, 7) is 9.52. The average Bonchev–Trinajstić information content (AvgIpc) is 2.41. The number of β-amino-alcohol motifs (C(OH)–C–C–N with tert-alkyl or cyclic N) is 1. The molecule has 2 rings (SSSR count). The van der Waals surface area contributed by atoms with Crippen LogP contribution in [0, 0.1) is 5.92 Å². The zero-order chi connectivity index (χ0) is 14.5. The third-order valence-electron chi connectivity index (χ3n) is 4.04. The number of piperazine rings is 1. The molecule has 1 saturated heterocycles. The Morgan fingerprint density at radius 1 is 1.05 bits per heavy atom. The molecular formula is C17H28N2O. The fraction of sp³-hybridized carbons (Fsp3) is 0.647. The SMILES string of the molecule is CC(C)Cc1ccc(C(O)CN2CCN(C)CC2)cc1. The molecule has 0 radical (unpaired) electrons. The van der Waals surface area contributed by atoms with E-state index in [1.54, 1.807) is 0 Å². The van der Waals surface area contributed by atoms with Crippen LogP contribution in [0.3, 0.4) is 0 Å². The lowest BCUT2D eigenvalue weighted by atomic mass is 10.00. The summed E-state index contributed by atoms with van der Waals surface area (Å²) in [6, 6.07) is 8.47. The quantitative estimate of drug-likeness (QED) is 0.893. The Bertz CT molecular complexity index is 394. The molecule has 1 aromatic rings. The van der Waals surface area contributed by atoms with Gasteiger partial charge in [-0.25, -0.2) is 0 Å². The van der Waals surface area contributed by atoms with Gasteiger partial charge < -0.3 is 10.0 Å². The zero-order valence-electron chi connectivity index (χ0n) is 13.0. The van der Waals surface area contributed by atoms with Crippen molar-refractivity contribution in [3.63, 3.8) is 0 Å². The molecule has 1 unspecified atom stereocenters. The van der Waals surface area contributed by atoms with Gasteiger partial charge in [-0.05, 0) is 30.5 Å². The Morgan fingerprint density at radius 3 is 2.20 bits per heavy atom. The first-order valence-electron chi connectivity index (χ1n) is 7.72. The van der Waals surface area contributed by atoms with E-state index in [4.69, 9.17) is 0 Å². The molecule has 1 heterocycles. The average molecular weight is 276 g/mol. The Balaban J connectivity index is 1.87. The minimum absolute atomic E-state index is 0.369. The number of aliphatic hydroxyl groups excluding tert-OH is 1. The fourth-order valence-corrected chi connectivity index (χ4v) is 2.73. The summed E-state index contributed by atoms with van der Waals surface area (Å²) < 4.78 is 0. The van der Waals surface area contributed by atoms with Gasteiger partial charge in [0.2, 0.25) is 0 Å². The first kappa shape index (κ1) is 15.5. The van der Waals surface area contributed by atoms with E-state index in [0.29, 0.717) is 5.92 Å². The first-order valence-corrected chi connectivity index (χ1v) is 7.72. The number of nitrogens with zero attached hydrogens (tertiary/aromatic N) is 2. The molecule has 0 saturated carbocycles. The van der Waals surface area contributed by atoms with E-state index in [-0.39, 0.29) is 6.10 Å². The monoisotopic (exact) mass is 276 g/mol. The van der Waals surface area contributed by atoms with Crippen LogP contribution in [-0.2, 0) is 6.42 Å². The predicted molar refractivity (Wildman–Crippen MR) is 83.9 cm³/mol. The lowest BCUT2D eigenvalue weighted by molar-refractivity contribution is 0.0805. The van der Waals surface area contributed by atoms with Crippen molar-refractivity contribution in [2.24, 2.45) is 5.92 Å². The lowest BCUT2D eigenvalue weighted by Gasteiger charge is -2.33. The molecule has 1 aliphatic rings. The zero-order valence-corrected chi connectivity index (χ0v) is 13.0. The van der Waals surface area contributed by atoms with Crippen LogP contribution in [0.25, 0.3) is 0 Å². The van der Waals surface area contributed by atoms with E-state index in [2.05, 4.69) is 55.0 Å². The standard InChI is InChI=1S/C17H28N2O/c1-14(2)12-15-4-6-16(7-5-15)17(20)13-19-10-8-18(3)9-11-19/h4-7,14,17,20H,8-13H2,1-3H3. The highest BCUT2D eigenvalue weighted by Crippen LogP contribution is 2.17. The van der Waals surface area contributed by atoms with Gasteiger partial charge in [-0.3, -0.25) is 4.90 Å². The van der Waals surface area contributed by atoms with E-state index < -0.39 is 0 Å². The summed E-state index contributed by atoms with van der Waals surface area (Å²) in [5.41, 5.74) is 2.40. The summed E-state index contributed by atoms with van der Waals surface area (Å²) in [4.78, 5) is 4.69. The van der Waals surface area contributed by atoms with Crippen molar-refractivity contribution in [3.05, 3.63) is 35.4 Å². The molecule has 0 bridgehead atoms. The van der Waals surface area contributed by atoms with Crippen molar-refractivity contribution in [3.8, 4) is 0 Å². The molecule has 0 aromatic heterocycles. The van der Waals surface area contributed by atoms with Gasteiger partial charge in [0.15, 0.2) is 0 Å². The minimum Gasteiger partial charge on any atom is -0.387 e. The van der Waals surface area contributed by atoms with E-state index in [1.807, 2.05) is 0 Å². The fourth-order valence-electron chi connectivity index (χ4n) is 2.73. The Hall–Kier alpha value is -0.900. The molecule has 1 N–H and O–H groups in total. The third-order valence-corrected chi connectivity index (χ3v) is 4.04. The number of hydrogen-bond acceptors (Lipinski definition) is 3. The van der Waals surface area contributed by atoms with Crippen molar-refractivity contribution in [1.82, 2.24) is 9.80 Å². The van der Waals surface area contributed by atoms with Gasteiger partial charge in [0.1, 0.15) is 0 Å². The molecule has 3 heteroatoms. The summed E-state index contributed by atoms with van der Waals surface area (Å²) in [7, 11) is 2.15. The van der Waals surface area contributed by atoms with Crippen molar-refractivity contribution < 1.29 is 5.11 Å². The highest BCUT2D eigenvalue weighted by Gasteiger charge is 2.17. The second-order valence-electron chi connectivity index (χ2n) is 6.46. The van der Waals surface area contributed by atoms with Gasteiger partial charge in [0, 0.05) is 32.7 Å². The van der Waals surface area contributed by atoms with Crippen LogP contribution >= 0.6 is 0 Å². The highest BCUT2D eigenvalue weighted by atomic mass is 16.3. The summed E-state index contributed by atoms with van der Waals surface area (Å²) in [5, 5.41) is 10.4. The maximum atomic E-state index is 10.4. The van der Waals surface area contributed by atoms with Crippen LogP contribution in [0.1, 0.15) is 31.1 Å². The second-order valence-corrected chi connectivity index (χ2v) is 6.46. The van der Waals surface area contributed by atoms with E-state index in [1.165, 1.54) is 5.56 Å². The molecule has 3 nitrogen and oxygen atoms in total. The number of hydrogen-bond donors (Lipinski definition) is 1. The number of likely N-dealkylation sites (N-methyl/N-ethyl adjacent to an activating group) is 1. The largest absolute Gasteiger partial charge is 0.387 e. The van der Waals surface area contributed by atoms with E-state index in [9.17, 15) is 5.11 Å². The van der Waals surface area contributed by atoms with Crippen molar-refractivity contribution in [2.75, 3.05) is 39.8 Å². The third kappa shape index (κ3) is 4.58. The van der Waals surface area contributed by atoms with E-state index >= 15 is 0 Å². The van der Waals surface area contributed by atoms with Gasteiger partial charge in [-0.1, -0.05) is 38.1 Å². The molecular weight excluding hydrogens is 248 g/mol. The molecule has 0 aliphatic carbocycles. The van der Waals surface area contributed by atoms with Gasteiger partial charge in [-0.15, -0.1) is 0 Å². The molecule has 20 heavy (non-hydrogen) atoms. The molecule has 1 aromatic carbocycles. The Kier molecular flexibility index (Phi) is 5.58. The molecule has 112 valence electrons. The summed E-state index contributed by atoms with van der Waals surface area (Å²) in [5.74, 6) is 0.677. The van der Waals surface area contributed by atoms with Crippen LogP contribution in [0.4, 0.5) is 0 Å². The lowest BCUT2D eigenvalue weighted by Crippen LogP contribution is -2.45. The van der Waals surface area contributed by atoms with Gasteiger partial charge >= 0.3 is 0 Å². The second kappa shape index (κ2) is 7.21. The van der Waals surface area contributed by atoms with Gasteiger partial charge in [0.25, 0.3) is 0 Å². The normalized spacial score (nSPS) is 19.4. The Morgan fingerprint density at radius 2 is 1.65 bits per heavy atom. The van der Waals surface area contributed by atoms with Gasteiger partial charge in [0.05, 0.1) is 6.10 Å². The van der Waals surface area contributed by atoms with Crippen molar-refractivity contribution in [1.29, 1.82) is 0 Å². The van der Waals surface area contributed by atoms with Crippen molar-refractivity contribution in [2.45, 2.75) is 26.4 Å². The minimum atomic E-state index is -0.369. The smallest absolute Gasteiger partial charge is 0.0916 e. The topological polar surface area (TPSA) is 26.7 Å². The highest BCUT2D eigenvalue weighted by molar-refractivity contribution is 5.24. The number of aliphatic hydroxyl groups is 1. The van der Waals surface area contributed by atoms with Crippen LogP contribution < -0.4 is 0 Å². The number of rotatable bonds is 5.